The molecule has 7 heteroatoms. The minimum atomic E-state index is -0.0528. The Balaban J connectivity index is 1.52. The molecule has 1 unspecified atom stereocenters. The summed E-state index contributed by atoms with van der Waals surface area (Å²) in [5, 5.41) is 5.71. The van der Waals surface area contributed by atoms with Gasteiger partial charge >= 0.3 is 0 Å². The van der Waals surface area contributed by atoms with Crippen molar-refractivity contribution in [1.82, 2.24) is 24.1 Å². The molecule has 0 radical (unpaired) electrons. The fourth-order valence-corrected chi connectivity index (χ4v) is 4.37. The second kappa shape index (κ2) is 5.92. The summed E-state index contributed by atoms with van der Waals surface area (Å²) >= 11 is 3.38. The molecule has 3 aromatic heterocycles. The zero-order valence-electron chi connectivity index (χ0n) is 15.1. The molecule has 0 saturated heterocycles. The normalized spacial score (nSPS) is 16.9. The maximum absolute atomic E-state index is 13.1. The van der Waals surface area contributed by atoms with Gasteiger partial charge in [-0.25, -0.2) is 9.50 Å². The van der Waals surface area contributed by atoms with Crippen LogP contribution in [0.5, 0.6) is 0 Å². The molecule has 0 saturated carbocycles. The number of benzene rings is 1. The number of nitrogens with zero attached hydrogens (tertiary/aromatic N) is 5. The van der Waals surface area contributed by atoms with E-state index < -0.39 is 0 Å². The molecule has 27 heavy (non-hydrogen) atoms. The maximum Gasteiger partial charge on any atom is 0.274 e. The molecule has 1 aromatic carbocycles. The number of rotatable bonds is 1. The highest BCUT2D eigenvalue weighted by Crippen LogP contribution is 2.35. The van der Waals surface area contributed by atoms with Gasteiger partial charge in [0.1, 0.15) is 0 Å². The van der Waals surface area contributed by atoms with Crippen LogP contribution in [0.15, 0.2) is 47.3 Å². The van der Waals surface area contributed by atoms with Crippen molar-refractivity contribution in [2.45, 2.75) is 19.4 Å². The van der Waals surface area contributed by atoms with Gasteiger partial charge in [-0.1, -0.05) is 6.07 Å². The van der Waals surface area contributed by atoms with Gasteiger partial charge in [-0.2, -0.15) is 5.10 Å². The first-order chi connectivity index (χ1) is 13.0. The molecular weight excluding hydrogens is 406 g/mol. The van der Waals surface area contributed by atoms with Gasteiger partial charge in [0.05, 0.1) is 10.5 Å². The monoisotopic (exact) mass is 423 g/mol. The Kier molecular flexibility index (Phi) is 3.62. The number of carbonyl (C=O) groups excluding carboxylic acids is 1. The van der Waals surface area contributed by atoms with Crippen molar-refractivity contribution in [1.29, 1.82) is 0 Å². The van der Waals surface area contributed by atoms with Crippen LogP contribution in [0.3, 0.4) is 0 Å². The van der Waals surface area contributed by atoms with Crippen LogP contribution in [0.2, 0.25) is 0 Å². The third-order valence-corrected chi connectivity index (χ3v) is 5.91. The molecule has 0 bridgehead atoms. The molecule has 4 aromatic rings. The Labute approximate surface area is 164 Å². The molecule has 4 heterocycles. The molecule has 5 rings (SSSR count). The molecule has 1 amide bonds. The average molecular weight is 424 g/mol. The Morgan fingerprint density at radius 1 is 1.30 bits per heavy atom. The van der Waals surface area contributed by atoms with Crippen LogP contribution >= 0.6 is 15.9 Å². The Bertz CT molecular complexity index is 1210. The Morgan fingerprint density at radius 3 is 3.00 bits per heavy atom. The smallest absolute Gasteiger partial charge is 0.274 e. The molecule has 1 atom stereocenters. The number of hydrogen-bond acceptors (Lipinski definition) is 3. The van der Waals surface area contributed by atoms with Gasteiger partial charge in [0, 0.05) is 49.2 Å². The molecular formula is C20H18BrN5O. The summed E-state index contributed by atoms with van der Waals surface area (Å²) in [6.45, 7) is 2.78. The van der Waals surface area contributed by atoms with E-state index in [-0.39, 0.29) is 11.9 Å². The maximum atomic E-state index is 13.1. The van der Waals surface area contributed by atoms with Crippen molar-refractivity contribution >= 4 is 38.4 Å². The van der Waals surface area contributed by atoms with Crippen LogP contribution in [-0.4, -0.2) is 36.5 Å². The van der Waals surface area contributed by atoms with E-state index >= 15 is 0 Å². The van der Waals surface area contributed by atoms with Crippen LogP contribution in [-0.2, 0) is 13.5 Å². The van der Waals surface area contributed by atoms with E-state index in [1.807, 2.05) is 4.90 Å². The third-order valence-electron chi connectivity index (χ3n) is 5.50. The lowest BCUT2D eigenvalue weighted by molar-refractivity contribution is 0.0672. The summed E-state index contributed by atoms with van der Waals surface area (Å²) in [4.78, 5) is 19.4. The van der Waals surface area contributed by atoms with Crippen LogP contribution in [0.25, 0.3) is 16.6 Å². The van der Waals surface area contributed by atoms with E-state index in [9.17, 15) is 4.79 Å². The van der Waals surface area contributed by atoms with E-state index in [0.717, 1.165) is 10.9 Å². The predicted molar refractivity (Wildman–Crippen MR) is 107 cm³/mol. The molecule has 1 aliphatic rings. The third kappa shape index (κ3) is 2.49. The van der Waals surface area contributed by atoms with E-state index in [4.69, 9.17) is 0 Å². The summed E-state index contributed by atoms with van der Waals surface area (Å²) in [6, 6.07) is 8.23. The van der Waals surface area contributed by atoms with Crippen molar-refractivity contribution in [3.8, 4) is 0 Å². The SMILES string of the molecule is CC1c2ccc3c(ccn3C)c2CCN1C(=O)c1cc2ncc(Br)cn2n1. The molecule has 0 aliphatic carbocycles. The van der Waals surface area contributed by atoms with Crippen LogP contribution < -0.4 is 0 Å². The Hall–Kier alpha value is -2.67. The first-order valence-electron chi connectivity index (χ1n) is 8.91. The lowest BCUT2D eigenvalue weighted by Gasteiger charge is -2.35. The minimum absolute atomic E-state index is 0.00960. The Morgan fingerprint density at radius 2 is 2.15 bits per heavy atom. The fourth-order valence-electron chi connectivity index (χ4n) is 4.08. The molecule has 0 spiro atoms. The molecule has 0 fully saturated rings. The van der Waals surface area contributed by atoms with E-state index in [1.54, 1.807) is 23.0 Å². The summed E-state index contributed by atoms with van der Waals surface area (Å²) in [6.07, 6.45) is 6.45. The van der Waals surface area contributed by atoms with Gasteiger partial charge in [0.15, 0.2) is 11.3 Å². The first kappa shape index (κ1) is 16.5. The lowest BCUT2D eigenvalue weighted by atomic mass is 9.90. The number of aromatic nitrogens is 4. The number of aryl methyl sites for hydroxylation is 1. The second-order valence-electron chi connectivity index (χ2n) is 7.02. The van der Waals surface area contributed by atoms with Crippen molar-refractivity contribution in [2.75, 3.05) is 6.54 Å². The van der Waals surface area contributed by atoms with Crippen molar-refractivity contribution in [3.63, 3.8) is 0 Å². The zero-order valence-corrected chi connectivity index (χ0v) is 16.6. The van der Waals surface area contributed by atoms with Gasteiger partial charge in [-0.15, -0.1) is 0 Å². The number of carbonyl (C=O) groups is 1. The van der Waals surface area contributed by atoms with Gasteiger partial charge < -0.3 is 9.47 Å². The topological polar surface area (TPSA) is 55.4 Å². The highest BCUT2D eigenvalue weighted by molar-refractivity contribution is 9.10. The van der Waals surface area contributed by atoms with Crippen molar-refractivity contribution in [2.24, 2.45) is 7.05 Å². The molecule has 1 aliphatic heterocycles. The standard InChI is InChI=1S/C20H18BrN5O/c1-12-14-3-4-18-16(5-7-24(18)2)15(14)6-8-25(12)20(27)17-9-19-22-10-13(21)11-26(19)23-17/h3-5,7,9-12H,6,8H2,1-2H3. The zero-order chi connectivity index (χ0) is 18.7. The lowest BCUT2D eigenvalue weighted by Crippen LogP contribution is -2.39. The first-order valence-corrected chi connectivity index (χ1v) is 9.71. The fraction of sp³-hybridized carbons (Fsp3) is 0.250. The second-order valence-corrected chi connectivity index (χ2v) is 7.94. The van der Waals surface area contributed by atoms with Crippen LogP contribution in [0.4, 0.5) is 0 Å². The van der Waals surface area contributed by atoms with Crippen molar-refractivity contribution < 1.29 is 4.79 Å². The minimum Gasteiger partial charge on any atom is -0.351 e. The highest BCUT2D eigenvalue weighted by Gasteiger charge is 2.30. The highest BCUT2D eigenvalue weighted by atomic mass is 79.9. The van der Waals surface area contributed by atoms with E-state index in [1.165, 1.54) is 22.0 Å². The molecule has 0 N–H and O–H groups in total. The molecule has 6 nitrogen and oxygen atoms in total. The predicted octanol–water partition coefficient (Wildman–Crippen LogP) is 3.74. The van der Waals surface area contributed by atoms with Crippen LogP contribution in [0.1, 0.15) is 34.6 Å². The summed E-state index contributed by atoms with van der Waals surface area (Å²) < 4.78 is 4.59. The summed E-state index contributed by atoms with van der Waals surface area (Å²) in [7, 11) is 2.06. The van der Waals surface area contributed by atoms with Gasteiger partial charge in [0.2, 0.25) is 0 Å². The summed E-state index contributed by atoms with van der Waals surface area (Å²) in [5.41, 5.74) is 4.90. The average Bonchev–Trinajstić information content (AvgIpc) is 3.25. The van der Waals surface area contributed by atoms with Gasteiger partial charge in [-0.05, 0) is 52.5 Å². The van der Waals surface area contributed by atoms with Gasteiger partial charge in [0.25, 0.3) is 5.91 Å². The van der Waals surface area contributed by atoms with E-state index in [0.29, 0.717) is 17.9 Å². The quantitative estimate of drug-likeness (QED) is 0.468. The number of hydrogen-bond donors (Lipinski definition) is 0. The van der Waals surface area contributed by atoms with E-state index in [2.05, 4.69) is 68.9 Å². The van der Waals surface area contributed by atoms with Crippen molar-refractivity contribution in [3.05, 3.63) is 64.1 Å². The number of amides is 1. The number of fused-ring (bicyclic) bond motifs is 4. The largest absolute Gasteiger partial charge is 0.351 e. The van der Waals surface area contributed by atoms with Crippen LogP contribution in [0, 0.1) is 0 Å². The van der Waals surface area contributed by atoms with Gasteiger partial charge in [-0.3, -0.25) is 4.79 Å². The summed E-state index contributed by atoms with van der Waals surface area (Å²) in [5.74, 6) is -0.0528. The number of halogens is 1. The molecule has 136 valence electrons.